The Balaban J connectivity index is 1.43. The average Bonchev–Trinajstić information content (AvgIpc) is 2.91. The van der Waals surface area contributed by atoms with Gasteiger partial charge < -0.3 is 10.2 Å². The fourth-order valence-electron chi connectivity index (χ4n) is 3.26. The smallest absolute Gasteiger partial charge is 0.223 e. The zero-order chi connectivity index (χ0) is 12.5. The van der Waals surface area contributed by atoms with Gasteiger partial charge in [0.2, 0.25) is 11.8 Å². The van der Waals surface area contributed by atoms with Gasteiger partial charge in [0.05, 0.1) is 0 Å². The summed E-state index contributed by atoms with van der Waals surface area (Å²) < 4.78 is 0. The summed E-state index contributed by atoms with van der Waals surface area (Å²) in [4.78, 5) is 25.7. The monoisotopic (exact) mass is 250 g/mol. The van der Waals surface area contributed by atoms with Crippen molar-refractivity contribution in [2.45, 2.75) is 51.0 Å². The topological polar surface area (TPSA) is 49.4 Å². The predicted molar refractivity (Wildman–Crippen MR) is 67.8 cm³/mol. The van der Waals surface area contributed by atoms with Gasteiger partial charge in [0.15, 0.2) is 0 Å². The highest BCUT2D eigenvalue weighted by atomic mass is 16.2. The summed E-state index contributed by atoms with van der Waals surface area (Å²) in [5.74, 6) is 1.08. The standard InChI is InChI=1S/C14H22N2O2/c17-13-7-10(9-16(13)12-5-6-12)8-15-14(18)11-3-1-2-4-11/h10-12H,1-9H2,(H,15,18). The molecule has 2 saturated carbocycles. The van der Waals surface area contributed by atoms with E-state index in [1.165, 1.54) is 25.7 Å². The zero-order valence-corrected chi connectivity index (χ0v) is 10.9. The van der Waals surface area contributed by atoms with Crippen molar-refractivity contribution in [3.05, 3.63) is 0 Å². The molecule has 3 fully saturated rings. The van der Waals surface area contributed by atoms with Crippen LogP contribution >= 0.6 is 0 Å². The number of hydrogen-bond acceptors (Lipinski definition) is 2. The van der Waals surface area contributed by atoms with E-state index < -0.39 is 0 Å². The highest BCUT2D eigenvalue weighted by Crippen LogP contribution is 2.32. The molecule has 2 amide bonds. The molecule has 18 heavy (non-hydrogen) atoms. The van der Waals surface area contributed by atoms with E-state index in [4.69, 9.17) is 0 Å². The molecule has 1 atom stereocenters. The maximum absolute atomic E-state index is 11.9. The van der Waals surface area contributed by atoms with E-state index in [1.54, 1.807) is 0 Å². The van der Waals surface area contributed by atoms with E-state index in [0.717, 1.165) is 19.4 Å². The van der Waals surface area contributed by atoms with Gasteiger partial charge >= 0.3 is 0 Å². The van der Waals surface area contributed by atoms with Gasteiger partial charge in [-0.25, -0.2) is 0 Å². The Morgan fingerprint density at radius 2 is 1.94 bits per heavy atom. The molecule has 100 valence electrons. The lowest BCUT2D eigenvalue weighted by Gasteiger charge is -2.16. The summed E-state index contributed by atoms with van der Waals surface area (Å²) in [7, 11) is 0. The number of hydrogen-bond donors (Lipinski definition) is 1. The molecular formula is C14H22N2O2. The van der Waals surface area contributed by atoms with Crippen molar-refractivity contribution in [3.63, 3.8) is 0 Å². The Labute approximate surface area is 108 Å². The first-order valence-electron chi connectivity index (χ1n) is 7.31. The second-order valence-electron chi connectivity index (χ2n) is 6.07. The third-order valence-electron chi connectivity index (χ3n) is 4.52. The van der Waals surface area contributed by atoms with Crippen LogP contribution in [0.4, 0.5) is 0 Å². The van der Waals surface area contributed by atoms with Gasteiger partial charge in [0.25, 0.3) is 0 Å². The molecular weight excluding hydrogens is 228 g/mol. The van der Waals surface area contributed by atoms with Crippen LogP contribution in [0.5, 0.6) is 0 Å². The first-order valence-corrected chi connectivity index (χ1v) is 7.31. The molecule has 0 bridgehead atoms. The summed E-state index contributed by atoms with van der Waals surface area (Å²) in [5, 5.41) is 3.05. The molecule has 0 aromatic carbocycles. The second kappa shape index (κ2) is 4.90. The summed E-state index contributed by atoms with van der Waals surface area (Å²) >= 11 is 0. The van der Waals surface area contributed by atoms with Crippen molar-refractivity contribution in [2.24, 2.45) is 11.8 Å². The number of carbonyl (C=O) groups excluding carboxylic acids is 2. The minimum absolute atomic E-state index is 0.213. The fourth-order valence-corrected chi connectivity index (χ4v) is 3.26. The molecule has 2 aliphatic carbocycles. The molecule has 0 spiro atoms. The summed E-state index contributed by atoms with van der Waals surface area (Å²) in [5.41, 5.74) is 0. The van der Waals surface area contributed by atoms with Gasteiger partial charge in [0.1, 0.15) is 0 Å². The van der Waals surface area contributed by atoms with Crippen LogP contribution in [0.3, 0.4) is 0 Å². The van der Waals surface area contributed by atoms with Crippen molar-refractivity contribution in [1.29, 1.82) is 0 Å². The molecule has 1 unspecified atom stereocenters. The van der Waals surface area contributed by atoms with E-state index in [-0.39, 0.29) is 17.7 Å². The largest absolute Gasteiger partial charge is 0.356 e. The molecule has 3 aliphatic rings. The van der Waals surface area contributed by atoms with E-state index in [0.29, 0.717) is 24.9 Å². The fraction of sp³-hybridized carbons (Fsp3) is 0.857. The van der Waals surface area contributed by atoms with Crippen LogP contribution in [-0.2, 0) is 9.59 Å². The van der Waals surface area contributed by atoms with Crippen molar-refractivity contribution in [3.8, 4) is 0 Å². The van der Waals surface area contributed by atoms with Gasteiger partial charge in [-0.3, -0.25) is 9.59 Å². The molecule has 1 aliphatic heterocycles. The van der Waals surface area contributed by atoms with E-state index in [2.05, 4.69) is 5.32 Å². The maximum atomic E-state index is 11.9. The van der Waals surface area contributed by atoms with Crippen molar-refractivity contribution >= 4 is 11.8 Å². The van der Waals surface area contributed by atoms with Gasteiger partial charge in [-0.2, -0.15) is 0 Å². The van der Waals surface area contributed by atoms with Crippen LogP contribution in [-0.4, -0.2) is 35.8 Å². The first-order chi connectivity index (χ1) is 8.74. The molecule has 1 N–H and O–H groups in total. The minimum atomic E-state index is 0.213. The van der Waals surface area contributed by atoms with Crippen molar-refractivity contribution in [2.75, 3.05) is 13.1 Å². The Morgan fingerprint density at radius 1 is 1.22 bits per heavy atom. The molecule has 1 saturated heterocycles. The Bertz CT molecular complexity index is 346. The van der Waals surface area contributed by atoms with Crippen LogP contribution in [0.25, 0.3) is 0 Å². The molecule has 4 nitrogen and oxygen atoms in total. The van der Waals surface area contributed by atoms with E-state index in [1.807, 2.05) is 4.90 Å². The quantitative estimate of drug-likeness (QED) is 0.817. The minimum Gasteiger partial charge on any atom is -0.356 e. The molecule has 0 aromatic rings. The summed E-state index contributed by atoms with van der Waals surface area (Å²) in [6.45, 7) is 1.54. The number of nitrogens with one attached hydrogen (secondary N) is 1. The Morgan fingerprint density at radius 3 is 2.61 bits per heavy atom. The van der Waals surface area contributed by atoms with Gasteiger partial charge in [-0.1, -0.05) is 12.8 Å². The second-order valence-corrected chi connectivity index (χ2v) is 6.07. The lowest BCUT2D eigenvalue weighted by Crippen LogP contribution is -2.34. The average molecular weight is 250 g/mol. The van der Waals surface area contributed by atoms with Gasteiger partial charge in [-0.05, 0) is 25.7 Å². The SMILES string of the molecule is O=C(NCC1CC(=O)N(C2CC2)C1)C1CCCC1. The molecule has 0 aromatic heterocycles. The highest BCUT2D eigenvalue weighted by molar-refractivity contribution is 5.80. The summed E-state index contributed by atoms with van der Waals surface area (Å²) in [6.07, 6.45) is 7.44. The Hall–Kier alpha value is -1.06. The number of nitrogens with zero attached hydrogens (tertiary/aromatic N) is 1. The Kier molecular flexibility index (Phi) is 3.27. The van der Waals surface area contributed by atoms with Crippen molar-refractivity contribution in [1.82, 2.24) is 10.2 Å². The lowest BCUT2D eigenvalue weighted by molar-refractivity contribution is -0.128. The van der Waals surface area contributed by atoms with Gasteiger partial charge in [0, 0.05) is 37.4 Å². The molecule has 1 heterocycles. The molecule has 0 radical (unpaired) electrons. The van der Waals surface area contributed by atoms with Crippen LogP contribution < -0.4 is 5.32 Å². The van der Waals surface area contributed by atoms with Crippen LogP contribution in [0.15, 0.2) is 0 Å². The number of likely N-dealkylation sites (tertiary alicyclic amines) is 1. The molecule has 4 heteroatoms. The highest BCUT2D eigenvalue weighted by Gasteiger charge is 2.39. The van der Waals surface area contributed by atoms with Crippen LogP contribution in [0, 0.1) is 11.8 Å². The van der Waals surface area contributed by atoms with Gasteiger partial charge in [-0.15, -0.1) is 0 Å². The van der Waals surface area contributed by atoms with Crippen LogP contribution in [0.1, 0.15) is 44.9 Å². The maximum Gasteiger partial charge on any atom is 0.223 e. The number of carbonyl (C=O) groups is 2. The van der Waals surface area contributed by atoms with Crippen molar-refractivity contribution < 1.29 is 9.59 Å². The third kappa shape index (κ3) is 2.52. The number of amides is 2. The van der Waals surface area contributed by atoms with E-state index >= 15 is 0 Å². The zero-order valence-electron chi connectivity index (χ0n) is 10.9. The first kappa shape index (κ1) is 12.0. The summed E-state index contributed by atoms with van der Waals surface area (Å²) in [6, 6.07) is 0.521. The van der Waals surface area contributed by atoms with Crippen LogP contribution in [0.2, 0.25) is 0 Å². The molecule has 3 rings (SSSR count). The predicted octanol–water partition coefficient (Wildman–Crippen LogP) is 1.30. The third-order valence-corrected chi connectivity index (χ3v) is 4.52. The normalized spacial score (nSPS) is 29.0. The number of rotatable bonds is 4. The lowest BCUT2D eigenvalue weighted by atomic mass is 10.1. The van der Waals surface area contributed by atoms with E-state index in [9.17, 15) is 9.59 Å².